The van der Waals surface area contributed by atoms with Crippen LogP contribution in [0.15, 0.2) is 18.2 Å². The largest absolute Gasteiger partial charge is 0.416 e. The van der Waals surface area contributed by atoms with E-state index in [4.69, 9.17) is 0 Å². The Morgan fingerprint density at radius 3 is 2.50 bits per heavy atom. The molecule has 0 aliphatic heterocycles. The second-order valence-corrected chi connectivity index (χ2v) is 4.20. The Hall–Kier alpha value is -1.63. The molecular weight excluding hydrogens is 276 g/mol. The summed E-state index contributed by atoms with van der Waals surface area (Å²) in [6.07, 6.45) is -3.68. The predicted octanol–water partition coefficient (Wildman–Crippen LogP) is 2.57. The lowest BCUT2D eigenvalue weighted by Crippen LogP contribution is -2.32. The van der Waals surface area contributed by atoms with Crippen LogP contribution in [0.3, 0.4) is 0 Å². The van der Waals surface area contributed by atoms with Crippen molar-refractivity contribution in [3.05, 3.63) is 35.1 Å². The van der Waals surface area contributed by atoms with Crippen LogP contribution in [0.4, 0.5) is 17.6 Å². The average molecular weight is 292 g/mol. The van der Waals surface area contributed by atoms with E-state index in [1.54, 1.807) is 0 Å². The van der Waals surface area contributed by atoms with Gasteiger partial charge in [0.15, 0.2) is 0 Å². The third-order valence-electron chi connectivity index (χ3n) is 2.55. The number of halogens is 4. The molecule has 1 rings (SSSR count). The normalized spacial score (nSPS) is 11.4. The predicted molar refractivity (Wildman–Crippen MR) is 66.9 cm³/mol. The van der Waals surface area contributed by atoms with Gasteiger partial charge in [0, 0.05) is 13.1 Å². The molecule has 0 radical (unpaired) electrons. The van der Waals surface area contributed by atoms with Gasteiger partial charge < -0.3 is 10.6 Å². The Bertz CT molecular complexity index is 460. The molecule has 1 amide bonds. The molecule has 0 bridgehead atoms. The highest BCUT2D eigenvalue weighted by Gasteiger charge is 2.31. The number of benzene rings is 1. The van der Waals surface area contributed by atoms with Gasteiger partial charge in [-0.2, -0.15) is 13.2 Å². The van der Waals surface area contributed by atoms with Crippen LogP contribution in [0.2, 0.25) is 0 Å². The molecule has 7 heteroatoms. The topological polar surface area (TPSA) is 41.1 Å². The van der Waals surface area contributed by atoms with Crippen molar-refractivity contribution >= 4 is 5.91 Å². The van der Waals surface area contributed by atoms with Crippen LogP contribution < -0.4 is 10.6 Å². The van der Waals surface area contributed by atoms with E-state index >= 15 is 0 Å². The highest BCUT2D eigenvalue weighted by molar-refractivity contribution is 5.94. The van der Waals surface area contributed by atoms with E-state index in [2.05, 4.69) is 10.6 Å². The number of rotatable bonds is 6. The summed E-state index contributed by atoms with van der Waals surface area (Å²) in [4.78, 5) is 11.6. The van der Waals surface area contributed by atoms with Gasteiger partial charge in [-0.15, -0.1) is 0 Å². The van der Waals surface area contributed by atoms with Gasteiger partial charge >= 0.3 is 6.18 Å². The molecule has 0 heterocycles. The molecule has 3 nitrogen and oxygen atoms in total. The lowest BCUT2D eigenvalue weighted by atomic mass is 10.1. The van der Waals surface area contributed by atoms with E-state index in [9.17, 15) is 22.4 Å². The Morgan fingerprint density at radius 2 is 1.90 bits per heavy atom. The summed E-state index contributed by atoms with van der Waals surface area (Å²) in [5.74, 6) is -1.83. The van der Waals surface area contributed by atoms with E-state index in [-0.39, 0.29) is 6.54 Å². The summed E-state index contributed by atoms with van der Waals surface area (Å²) in [6.45, 7) is 3.44. The Balaban J connectivity index is 2.67. The molecule has 1 aromatic rings. The van der Waals surface area contributed by atoms with E-state index < -0.39 is 29.0 Å². The first-order valence-electron chi connectivity index (χ1n) is 6.22. The molecule has 0 aliphatic rings. The van der Waals surface area contributed by atoms with Crippen molar-refractivity contribution in [2.24, 2.45) is 0 Å². The number of nitrogens with one attached hydrogen (secondary N) is 2. The third kappa shape index (κ3) is 4.80. The van der Waals surface area contributed by atoms with Gasteiger partial charge in [0.05, 0.1) is 11.1 Å². The molecule has 1 aromatic carbocycles. The van der Waals surface area contributed by atoms with Crippen LogP contribution >= 0.6 is 0 Å². The molecule has 0 saturated heterocycles. The Labute approximate surface area is 114 Å². The van der Waals surface area contributed by atoms with E-state index in [1.807, 2.05) is 6.92 Å². The van der Waals surface area contributed by atoms with Crippen molar-refractivity contribution < 1.29 is 22.4 Å². The van der Waals surface area contributed by atoms with E-state index in [0.717, 1.165) is 13.0 Å². The minimum atomic E-state index is -4.61. The SMILES string of the molecule is CCCNCCNC(=O)c1cc(C(F)(F)F)ccc1F. The highest BCUT2D eigenvalue weighted by atomic mass is 19.4. The summed E-state index contributed by atoms with van der Waals surface area (Å²) >= 11 is 0. The van der Waals surface area contributed by atoms with E-state index in [0.29, 0.717) is 24.7 Å². The molecule has 0 atom stereocenters. The number of hydrogen-bond donors (Lipinski definition) is 2. The number of amides is 1. The molecule has 112 valence electrons. The zero-order valence-corrected chi connectivity index (χ0v) is 11.0. The summed E-state index contributed by atoms with van der Waals surface area (Å²) in [5.41, 5.74) is -1.65. The maximum atomic E-state index is 13.4. The van der Waals surface area contributed by atoms with Crippen LogP contribution in [0.25, 0.3) is 0 Å². The van der Waals surface area contributed by atoms with Crippen molar-refractivity contribution in [3.63, 3.8) is 0 Å². The van der Waals surface area contributed by atoms with Gasteiger partial charge in [-0.05, 0) is 31.2 Å². The first-order valence-corrected chi connectivity index (χ1v) is 6.22. The van der Waals surface area contributed by atoms with Crippen molar-refractivity contribution in [1.29, 1.82) is 0 Å². The fourth-order valence-electron chi connectivity index (χ4n) is 1.54. The Kier molecular flexibility index (Phi) is 5.94. The number of alkyl halides is 3. The van der Waals surface area contributed by atoms with Gasteiger partial charge in [0.2, 0.25) is 0 Å². The molecule has 0 fully saturated rings. The number of hydrogen-bond acceptors (Lipinski definition) is 2. The highest BCUT2D eigenvalue weighted by Crippen LogP contribution is 2.30. The third-order valence-corrected chi connectivity index (χ3v) is 2.55. The van der Waals surface area contributed by atoms with Gasteiger partial charge in [0.25, 0.3) is 5.91 Å². The van der Waals surface area contributed by atoms with Gasteiger partial charge in [-0.3, -0.25) is 4.79 Å². The quantitative estimate of drug-likeness (QED) is 0.625. The summed E-state index contributed by atoms with van der Waals surface area (Å²) in [6, 6.07) is 1.77. The first-order chi connectivity index (χ1) is 9.36. The lowest BCUT2D eigenvalue weighted by molar-refractivity contribution is -0.137. The van der Waals surface area contributed by atoms with Crippen LogP contribution in [0.5, 0.6) is 0 Å². The average Bonchev–Trinajstić information content (AvgIpc) is 2.37. The molecule has 0 aliphatic carbocycles. The van der Waals surface area contributed by atoms with Crippen LogP contribution in [-0.4, -0.2) is 25.5 Å². The zero-order chi connectivity index (χ0) is 15.2. The molecule has 0 unspecified atom stereocenters. The molecule has 2 N–H and O–H groups in total. The van der Waals surface area contributed by atoms with Gasteiger partial charge in [-0.1, -0.05) is 6.92 Å². The summed E-state index contributed by atoms with van der Waals surface area (Å²) in [7, 11) is 0. The van der Waals surface area contributed by atoms with Gasteiger partial charge in [-0.25, -0.2) is 4.39 Å². The minimum absolute atomic E-state index is 0.217. The lowest BCUT2D eigenvalue weighted by Gasteiger charge is -2.10. The Morgan fingerprint density at radius 1 is 1.20 bits per heavy atom. The standard InChI is InChI=1S/C13H16F4N2O/c1-2-5-18-6-7-19-12(20)10-8-9(13(15,16)17)3-4-11(10)14/h3-4,8,18H,2,5-7H2,1H3,(H,19,20). The van der Waals surface area contributed by atoms with Crippen molar-refractivity contribution in [3.8, 4) is 0 Å². The summed E-state index contributed by atoms with van der Waals surface area (Å²) < 4.78 is 50.9. The molecule has 0 saturated carbocycles. The molecule has 0 aromatic heterocycles. The molecule has 20 heavy (non-hydrogen) atoms. The monoisotopic (exact) mass is 292 g/mol. The molecular formula is C13H16F4N2O. The zero-order valence-electron chi connectivity index (χ0n) is 11.0. The van der Waals surface area contributed by atoms with Crippen molar-refractivity contribution in [1.82, 2.24) is 10.6 Å². The van der Waals surface area contributed by atoms with Crippen LogP contribution in [0.1, 0.15) is 29.3 Å². The number of carbonyl (C=O) groups excluding carboxylic acids is 1. The number of carbonyl (C=O) groups is 1. The fourth-order valence-corrected chi connectivity index (χ4v) is 1.54. The molecule has 0 spiro atoms. The summed E-state index contributed by atoms with van der Waals surface area (Å²) in [5, 5.41) is 5.37. The van der Waals surface area contributed by atoms with Crippen LogP contribution in [-0.2, 0) is 6.18 Å². The minimum Gasteiger partial charge on any atom is -0.351 e. The first kappa shape index (κ1) is 16.4. The van der Waals surface area contributed by atoms with Gasteiger partial charge in [0.1, 0.15) is 5.82 Å². The van der Waals surface area contributed by atoms with E-state index in [1.165, 1.54) is 0 Å². The second kappa shape index (κ2) is 7.23. The maximum Gasteiger partial charge on any atom is 0.416 e. The second-order valence-electron chi connectivity index (χ2n) is 4.20. The smallest absolute Gasteiger partial charge is 0.351 e. The van der Waals surface area contributed by atoms with Crippen molar-refractivity contribution in [2.45, 2.75) is 19.5 Å². The van der Waals surface area contributed by atoms with Crippen LogP contribution in [0, 0.1) is 5.82 Å². The van der Waals surface area contributed by atoms with Crippen molar-refractivity contribution in [2.75, 3.05) is 19.6 Å². The maximum absolute atomic E-state index is 13.4. The fraction of sp³-hybridized carbons (Fsp3) is 0.462.